The van der Waals surface area contributed by atoms with Gasteiger partial charge in [-0.3, -0.25) is 9.69 Å². The van der Waals surface area contributed by atoms with Crippen LogP contribution in [-0.4, -0.2) is 20.0 Å². The molecule has 1 amide bonds. The molecule has 0 unspecified atom stereocenters. The Labute approximate surface area is 160 Å². The minimum Gasteiger partial charge on any atom is -0.378 e. The minimum atomic E-state index is -0.252. The van der Waals surface area contributed by atoms with Crippen molar-refractivity contribution in [2.75, 3.05) is 29.2 Å². The maximum absolute atomic E-state index is 13.4. The molecular formula is C23H23N3O. The van der Waals surface area contributed by atoms with Gasteiger partial charge in [0.2, 0.25) is 0 Å². The van der Waals surface area contributed by atoms with E-state index < -0.39 is 0 Å². The molecule has 1 aliphatic heterocycles. The molecule has 0 aromatic heterocycles. The van der Waals surface area contributed by atoms with Crippen LogP contribution in [0.2, 0.25) is 0 Å². The maximum atomic E-state index is 13.4. The fraction of sp³-hybridized carbons (Fsp3) is 0.174. The predicted molar refractivity (Wildman–Crippen MR) is 112 cm³/mol. The normalized spacial score (nSPS) is 15.9. The van der Waals surface area contributed by atoms with Gasteiger partial charge in [-0.1, -0.05) is 42.0 Å². The number of rotatable bonds is 3. The second-order valence-corrected chi connectivity index (χ2v) is 7.09. The van der Waals surface area contributed by atoms with Gasteiger partial charge in [-0.15, -0.1) is 0 Å². The molecule has 0 saturated heterocycles. The zero-order valence-corrected chi connectivity index (χ0v) is 15.8. The summed E-state index contributed by atoms with van der Waals surface area (Å²) < 4.78 is 0. The first-order chi connectivity index (χ1) is 13.0. The summed E-state index contributed by atoms with van der Waals surface area (Å²) in [5.74, 6) is 0.00697. The van der Waals surface area contributed by atoms with Crippen LogP contribution < -0.4 is 15.1 Å². The Hall–Kier alpha value is -3.27. The van der Waals surface area contributed by atoms with Gasteiger partial charge in [0.1, 0.15) is 6.17 Å². The highest BCUT2D eigenvalue weighted by Gasteiger charge is 2.33. The lowest BCUT2D eigenvalue weighted by Gasteiger charge is -2.38. The first-order valence-corrected chi connectivity index (χ1v) is 9.08. The number of para-hydroxylation sites is 1. The summed E-state index contributed by atoms with van der Waals surface area (Å²) in [6.45, 7) is 2.07. The third-order valence-electron chi connectivity index (χ3n) is 4.96. The Bertz CT molecular complexity index is 962. The van der Waals surface area contributed by atoms with Crippen molar-refractivity contribution in [1.82, 2.24) is 0 Å². The summed E-state index contributed by atoms with van der Waals surface area (Å²) in [4.78, 5) is 17.3. The lowest BCUT2D eigenvalue weighted by molar-refractivity contribution is 0.0975. The second-order valence-electron chi connectivity index (χ2n) is 7.09. The van der Waals surface area contributed by atoms with Crippen LogP contribution in [0.15, 0.2) is 72.8 Å². The van der Waals surface area contributed by atoms with E-state index in [9.17, 15) is 4.79 Å². The van der Waals surface area contributed by atoms with E-state index in [1.807, 2.05) is 72.4 Å². The quantitative estimate of drug-likeness (QED) is 0.729. The summed E-state index contributed by atoms with van der Waals surface area (Å²) in [6, 6.07) is 24.1. The fourth-order valence-electron chi connectivity index (χ4n) is 3.41. The van der Waals surface area contributed by atoms with Crippen molar-refractivity contribution in [3.63, 3.8) is 0 Å². The third kappa shape index (κ3) is 3.14. The van der Waals surface area contributed by atoms with Gasteiger partial charge in [0.15, 0.2) is 0 Å². The van der Waals surface area contributed by atoms with Gasteiger partial charge in [-0.2, -0.15) is 0 Å². The number of amides is 1. The Kier molecular flexibility index (Phi) is 4.32. The molecule has 136 valence electrons. The first kappa shape index (κ1) is 17.2. The van der Waals surface area contributed by atoms with Gasteiger partial charge >= 0.3 is 0 Å². The second kappa shape index (κ2) is 6.80. The number of hydrogen-bond acceptors (Lipinski definition) is 3. The van der Waals surface area contributed by atoms with Crippen molar-refractivity contribution < 1.29 is 4.79 Å². The Morgan fingerprint density at radius 2 is 1.56 bits per heavy atom. The number of fused-ring (bicyclic) bond motifs is 1. The van der Waals surface area contributed by atoms with Crippen LogP contribution in [0.25, 0.3) is 0 Å². The van der Waals surface area contributed by atoms with Crippen LogP contribution >= 0.6 is 0 Å². The molecule has 0 saturated carbocycles. The van der Waals surface area contributed by atoms with E-state index in [0.29, 0.717) is 5.56 Å². The highest BCUT2D eigenvalue weighted by atomic mass is 16.2. The van der Waals surface area contributed by atoms with E-state index in [0.717, 1.165) is 22.6 Å². The Morgan fingerprint density at radius 1 is 0.889 bits per heavy atom. The number of nitrogens with zero attached hydrogens (tertiary/aromatic N) is 2. The summed E-state index contributed by atoms with van der Waals surface area (Å²) in [7, 11) is 4.02. The van der Waals surface area contributed by atoms with Crippen LogP contribution in [0.3, 0.4) is 0 Å². The number of anilines is 3. The molecule has 0 fully saturated rings. The van der Waals surface area contributed by atoms with Gasteiger partial charge < -0.3 is 10.2 Å². The van der Waals surface area contributed by atoms with E-state index in [-0.39, 0.29) is 12.1 Å². The SMILES string of the molecule is Cc1ccc([C@H]2Nc3ccccc3C(=O)N2c2ccc(N(C)C)cc2)cc1. The van der Waals surface area contributed by atoms with E-state index in [2.05, 4.69) is 36.5 Å². The highest BCUT2D eigenvalue weighted by Crippen LogP contribution is 2.37. The number of carbonyl (C=O) groups excluding carboxylic acids is 1. The van der Waals surface area contributed by atoms with Crippen molar-refractivity contribution in [3.05, 3.63) is 89.5 Å². The molecule has 3 aromatic carbocycles. The zero-order valence-electron chi connectivity index (χ0n) is 15.8. The monoisotopic (exact) mass is 357 g/mol. The molecule has 0 bridgehead atoms. The summed E-state index contributed by atoms with van der Waals surface area (Å²) >= 11 is 0. The van der Waals surface area contributed by atoms with E-state index in [1.165, 1.54) is 5.56 Å². The highest BCUT2D eigenvalue weighted by molar-refractivity contribution is 6.12. The number of benzene rings is 3. The summed E-state index contributed by atoms with van der Waals surface area (Å²) in [6.07, 6.45) is -0.252. The van der Waals surface area contributed by atoms with Gasteiger partial charge in [0.05, 0.1) is 5.56 Å². The molecule has 4 heteroatoms. The third-order valence-corrected chi connectivity index (χ3v) is 4.96. The average molecular weight is 357 g/mol. The van der Waals surface area contributed by atoms with E-state index >= 15 is 0 Å². The van der Waals surface area contributed by atoms with Crippen molar-refractivity contribution in [2.24, 2.45) is 0 Å². The minimum absolute atomic E-state index is 0.00697. The molecule has 4 nitrogen and oxygen atoms in total. The van der Waals surface area contributed by atoms with Crippen molar-refractivity contribution >= 4 is 23.0 Å². The van der Waals surface area contributed by atoms with Crippen LogP contribution in [0.4, 0.5) is 17.1 Å². The van der Waals surface area contributed by atoms with Crippen molar-refractivity contribution in [2.45, 2.75) is 13.1 Å². The molecule has 27 heavy (non-hydrogen) atoms. The lowest BCUT2D eigenvalue weighted by Crippen LogP contribution is -2.43. The number of aryl methyl sites for hydroxylation is 1. The smallest absolute Gasteiger partial charge is 0.262 e. The first-order valence-electron chi connectivity index (χ1n) is 9.08. The molecule has 1 atom stereocenters. The Balaban J connectivity index is 1.81. The van der Waals surface area contributed by atoms with E-state index in [4.69, 9.17) is 0 Å². The summed E-state index contributed by atoms with van der Waals surface area (Å²) in [5, 5.41) is 3.54. The van der Waals surface area contributed by atoms with Crippen LogP contribution in [0.1, 0.15) is 27.7 Å². The molecule has 0 spiro atoms. The standard InChI is InChI=1S/C23H23N3O/c1-16-8-10-17(11-9-16)22-24-21-7-5-4-6-20(21)23(27)26(22)19-14-12-18(13-15-19)25(2)3/h4-15,22,24H,1-3H3/t22-/m0/s1. The van der Waals surface area contributed by atoms with Crippen molar-refractivity contribution in [3.8, 4) is 0 Å². The topological polar surface area (TPSA) is 35.6 Å². The van der Waals surface area contributed by atoms with Crippen LogP contribution in [-0.2, 0) is 0 Å². The van der Waals surface area contributed by atoms with Crippen LogP contribution in [0, 0.1) is 6.92 Å². The molecule has 0 aliphatic carbocycles. The van der Waals surface area contributed by atoms with Gasteiger partial charge in [0.25, 0.3) is 5.91 Å². The Morgan fingerprint density at radius 3 is 2.22 bits per heavy atom. The van der Waals surface area contributed by atoms with Gasteiger partial charge in [0, 0.05) is 31.2 Å². The predicted octanol–water partition coefficient (Wildman–Crippen LogP) is 4.83. The number of carbonyl (C=O) groups is 1. The van der Waals surface area contributed by atoms with Gasteiger partial charge in [-0.05, 0) is 48.9 Å². The van der Waals surface area contributed by atoms with Crippen LogP contribution in [0.5, 0.6) is 0 Å². The largest absolute Gasteiger partial charge is 0.378 e. The van der Waals surface area contributed by atoms with Crippen molar-refractivity contribution in [1.29, 1.82) is 0 Å². The molecule has 1 N–H and O–H groups in total. The summed E-state index contributed by atoms with van der Waals surface area (Å²) in [5.41, 5.74) is 5.79. The average Bonchev–Trinajstić information content (AvgIpc) is 2.69. The molecule has 1 aliphatic rings. The maximum Gasteiger partial charge on any atom is 0.262 e. The fourth-order valence-corrected chi connectivity index (χ4v) is 3.41. The van der Waals surface area contributed by atoms with E-state index in [1.54, 1.807) is 0 Å². The number of hydrogen-bond donors (Lipinski definition) is 1. The number of nitrogens with one attached hydrogen (secondary N) is 1. The molecular weight excluding hydrogens is 334 g/mol. The molecule has 1 heterocycles. The molecule has 4 rings (SSSR count). The van der Waals surface area contributed by atoms with Gasteiger partial charge in [-0.25, -0.2) is 0 Å². The lowest BCUT2D eigenvalue weighted by atomic mass is 10.0. The molecule has 0 radical (unpaired) electrons. The zero-order chi connectivity index (χ0) is 19.0. The molecule has 3 aromatic rings.